The van der Waals surface area contributed by atoms with Crippen LogP contribution in [0.2, 0.25) is 0 Å². The third kappa shape index (κ3) is 4.48. The van der Waals surface area contributed by atoms with Gasteiger partial charge in [0.15, 0.2) is 0 Å². The molecular formula is C13H25N3O. The number of rotatable bonds is 5. The normalized spacial score (nSPS) is 12.1. The minimum absolute atomic E-state index is 0.0538. The SMILES string of the molecule is Cc1nn(C)c(C)c1CNCCOC(C)(C)C. The molecule has 0 aliphatic rings. The van der Waals surface area contributed by atoms with Crippen LogP contribution in [0.15, 0.2) is 0 Å². The lowest BCUT2D eigenvalue weighted by Gasteiger charge is -2.19. The third-order valence-electron chi connectivity index (χ3n) is 2.77. The van der Waals surface area contributed by atoms with Gasteiger partial charge in [-0.05, 0) is 34.6 Å². The van der Waals surface area contributed by atoms with E-state index in [1.54, 1.807) is 0 Å². The molecule has 1 heterocycles. The van der Waals surface area contributed by atoms with E-state index in [-0.39, 0.29) is 5.60 Å². The molecule has 0 bridgehead atoms. The monoisotopic (exact) mass is 239 g/mol. The zero-order chi connectivity index (χ0) is 13.1. The second-order valence-corrected chi connectivity index (χ2v) is 5.41. The Morgan fingerprint density at radius 1 is 1.29 bits per heavy atom. The van der Waals surface area contributed by atoms with Gasteiger partial charge in [0, 0.05) is 31.4 Å². The second-order valence-electron chi connectivity index (χ2n) is 5.41. The largest absolute Gasteiger partial charge is 0.375 e. The Balaban J connectivity index is 2.32. The molecule has 98 valence electrons. The number of ether oxygens (including phenoxy) is 1. The van der Waals surface area contributed by atoms with Gasteiger partial charge in [-0.2, -0.15) is 5.10 Å². The highest BCUT2D eigenvalue weighted by Gasteiger charge is 2.10. The first-order valence-electron chi connectivity index (χ1n) is 6.15. The van der Waals surface area contributed by atoms with Crippen LogP contribution in [0.4, 0.5) is 0 Å². The minimum atomic E-state index is -0.0538. The summed E-state index contributed by atoms with van der Waals surface area (Å²) in [5.74, 6) is 0. The standard InChI is InChI=1S/C13H25N3O/c1-10-12(11(2)16(6)15-10)9-14-7-8-17-13(3,4)5/h14H,7-9H2,1-6H3. The fraction of sp³-hybridized carbons (Fsp3) is 0.769. The Kier molecular flexibility index (Phi) is 4.71. The van der Waals surface area contributed by atoms with Crippen molar-refractivity contribution in [3.05, 3.63) is 17.0 Å². The van der Waals surface area contributed by atoms with Gasteiger partial charge in [0.2, 0.25) is 0 Å². The summed E-state index contributed by atoms with van der Waals surface area (Å²) in [7, 11) is 1.98. The van der Waals surface area contributed by atoms with Gasteiger partial charge >= 0.3 is 0 Å². The van der Waals surface area contributed by atoms with Crippen molar-refractivity contribution in [1.29, 1.82) is 0 Å². The molecule has 1 aromatic rings. The van der Waals surface area contributed by atoms with Gasteiger partial charge in [0.05, 0.1) is 17.9 Å². The minimum Gasteiger partial charge on any atom is -0.375 e. The molecule has 4 nitrogen and oxygen atoms in total. The molecule has 0 aliphatic heterocycles. The summed E-state index contributed by atoms with van der Waals surface area (Å²) in [6.07, 6.45) is 0. The fourth-order valence-electron chi connectivity index (χ4n) is 1.72. The van der Waals surface area contributed by atoms with Crippen molar-refractivity contribution in [1.82, 2.24) is 15.1 Å². The summed E-state index contributed by atoms with van der Waals surface area (Å²) < 4.78 is 7.58. The highest BCUT2D eigenvalue weighted by Crippen LogP contribution is 2.11. The van der Waals surface area contributed by atoms with Crippen LogP contribution in [0.5, 0.6) is 0 Å². The number of hydrogen-bond acceptors (Lipinski definition) is 3. The van der Waals surface area contributed by atoms with Crippen molar-refractivity contribution in [2.75, 3.05) is 13.2 Å². The second kappa shape index (κ2) is 5.65. The third-order valence-corrected chi connectivity index (χ3v) is 2.77. The van der Waals surface area contributed by atoms with Crippen molar-refractivity contribution < 1.29 is 4.74 Å². The Morgan fingerprint density at radius 3 is 2.41 bits per heavy atom. The van der Waals surface area contributed by atoms with E-state index in [4.69, 9.17) is 4.74 Å². The first kappa shape index (κ1) is 14.2. The maximum atomic E-state index is 5.65. The molecule has 1 N–H and O–H groups in total. The zero-order valence-corrected chi connectivity index (χ0v) is 11.9. The predicted molar refractivity (Wildman–Crippen MR) is 70.1 cm³/mol. The van der Waals surface area contributed by atoms with Crippen molar-refractivity contribution in [3.8, 4) is 0 Å². The van der Waals surface area contributed by atoms with E-state index in [1.807, 2.05) is 11.7 Å². The molecule has 1 rings (SSSR count). The Bertz CT molecular complexity index is 363. The van der Waals surface area contributed by atoms with Crippen molar-refractivity contribution in [2.45, 2.75) is 46.8 Å². The first-order valence-corrected chi connectivity index (χ1v) is 6.15. The van der Waals surface area contributed by atoms with E-state index < -0.39 is 0 Å². The lowest BCUT2D eigenvalue weighted by molar-refractivity contribution is -0.000894. The number of aromatic nitrogens is 2. The molecule has 0 unspecified atom stereocenters. The number of hydrogen-bond donors (Lipinski definition) is 1. The lowest BCUT2D eigenvalue weighted by Crippen LogP contribution is -2.26. The van der Waals surface area contributed by atoms with E-state index in [0.717, 1.165) is 25.4 Å². The van der Waals surface area contributed by atoms with E-state index >= 15 is 0 Å². The average molecular weight is 239 g/mol. The highest BCUT2D eigenvalue weighted by atomic mass is 16.5. The highest BCUT2D eigenvalue weighted by molar-refractivity contribution is 5.23. The van der Waals surface area contributed by atoms with Gasteiger partial charge in [-0.3, -0.25) is 4.68 Å². The Morgan fingerprint density at radius 2 is 1.94 bits per heavy atom. The van der Waals surface area contributed by atoms with Crippen molar-refractivity contribution >= 4 is 0 Å². The fourth-order valence-corrected chi connectivity index (χ4v) is 1.72. The molecule has 0 atom stereocenters. The molecule has 0 saturated carbocycles. The maximum absolute atomic E-state index is 5.65. The average Bonchev–Trinajstić information content (AvgIpc) is 2.42. The molecule has 0 saturated heterocycles. The van der Waals surface area contributed by atoms with Crippen LogP contribution in [0.25, 0.3) is 0 Å². The Labute approximate surface area is 104 Å². The quantitative estimate of drug-likeness (QED) is 0.798. The summed E-state index contributed by atoms with van der Waals surface area (Å²) in [6, 6.07) is 0. The summed E-state index contributed by atoms with van der Waals surface area (Å²) in [5.41, 5.74) is 3.58. The molecule has 17 heavy (non-hydrogen) atoms. The topological polar surface area (TPSA) is 39.1 Å². The van der Waals surface area contributed by atoms with E-state index in [2.05, 4.69) is 45.0 Å². The number of nitrogens with zero attached hydrogens (tertiary/aromatic N) is 2. The van der Waals surface area contributed by atoms with Crippen LogP contribution in [-0.4, -0.2) is 28.5 Å². The van der Waals surface area contributed by atoms with Crippen LogP contribution in [-0.2, 0) is 18.3 Å². The zero-order valence-electron chi connectivity index (χ0n) is 11.9. The Hall–Kier alpha value is -0.870. The van der Waals surface area contributed by atoms with Gasteiger partial charge in [-0.15, -0.1) is 0 Å². The predicted octanol–water partition coefficient (Wildman–Crippen LogP) is 1.94. The van der Waals surface area contributed by atoms with E-state index in [9.17, 15) is 0 Å². The van der Waals surface area contributed by atoms with Gasteiger partial charge in [-0.1, -0.05) is 0 Å². The molecular weight excluding hydrogens is 214 g/mol. The molecule has 1 aromatic heterocycles. The van der Waals surface area contributed by atoms with Crippen LogP contribution >= 0.6 is 0 Å². The molecule has 0 amide bonds. The van der Waals surface area contributed by atoms with Gasteiger partial charge in [0.25, 0.3) is 0 Å². The van der Waals surface area contributed by atoms with Crippen LogP contribution < -0.4 is 5.32 Å². The van der Waals surface area contributed by atoms with Gasteiger partial charge in [-0.25, -0.2) is 0 Å². The molecule has 0 aliphatic carbocycles. The summed E-state index contributed by atoms with van der Waals surface area (Å²) in [4.78, 5) is 0. The van der Waals surface area contributed by atoms with Gasteiger partial charge in [0.1, 0.15) is 0 Å². The smallest absolute Gasteiger partial charge is 0.0641 e. The van der Waals surface area contributed by atoms with E-state index in [0.29, 0.717) is 0 Å². The summed E-state index contributed by atoms with van der Waals surface area (Å²) >= 11 is 0. The maximum Gasteiger partial charge on any atom is 0.0641 e. The number of aryl methyl sites for hydroxylation is 2. The summed E-state index contributed by atoms with van der Waals surface area (Å²) in [5, 5.41) is 7.79. The van der Waals surface area contributed by atoms with Crippen LogP contribution in [0, 0.1) is 13.8 Å². The summed E-state index contributed by atoms with van der Waals surface area (Å²) in [6.45, 7) is 12.8. The van der Waals surface area contributed by atoms with Crippen molar-refractivity contribution in [2.24, 2.45) is 7.05 Å². The first-order chi connectivity index (χ1) is 7.81. The van der Waals surface area contributed by atoms with Gasteiger partial charge < -0.3 is 10.1 Å². The lowest BCUT2D eigenvalue weighted by atomic mass is 10.2. The van der Waals surface area contributed by atoms with Crippen LogP contribution in [0.3, 0.4) is 0 Å². The number of nitrogens with one attached hydrogen (secondary N) is 1. The molecule has 0 aromatic carbocycles. The molecule has 0 fully saturated rings. The molecule has 0 radical (unpaired) electrons. The molecule has 4 heteroatoms. The van der Waals surface area contributed by atoms with Crippen LogP contribution in [0.1, 0.15) is 37.7 Å². The molecule has 0 spiro atoms. The van der Waals surface area contributed by atoms with E-state index in [1.165, 1.54) is 11.3 Å². The van der Waals surface area contributed by atoms with Crippen molar-refractivity contribution in [3.63, 3.8) is 0 Å².